The van der Waals surface area contributed by atoms with Crippen LogP contribution in [0.25, 0.3) is 0 Å². The largest absolute Gasteiger partial charge is 0.395 e. The van der Waals surface area contributed by atoms with Crippen molar-refractivity contribution in [1.82, 2.24) is 4.90 Å². The molecule has 3 heteroatoms. The Morgan fingerprint density at radius 3 is 2.79 bits per heavy atom. The molecule has 3 atom stereocenters. The molecule has 0 radical (unpaired) electrons. The third-order valence-corrected chi connectivity index (χ3v) is 3.79. The molecule has 1 aliphatic carbocycles. The van der Waals surface area contributed by atoms with Crippen LogP contribution in [0.2, 0.25) is 0 Å². The predicted molar refractivity (Wildman–Crippen MR) is 57.0 cm³/mol. The maximum absolute atomic E-state index is 9.26. The minimum atomic E-state index is 0.325. The summed E-state index contributed by atoms with van der Waals surface area (Å²) in [4.78, 5) is 2.50. The van der Waals surface area contributed by atoms with Crippen LogP contribution in [-0.2, 0) is 0 Å². The number of likely N-dealkylation sites (tertiary alicyclic amines) is 1. The van der Waals surface area contributed by atoms with Crippen molar-refractivity contribution in [2.24, 2.45) is 5.73 Å². The van der Waals surface area contributed by atoms with Crippen LogP contribution in [0.3, 0.4) is 0 Å². The Morgan fingerprint density at radius 1 is 1.21 bits per heavy atom. The van der Waals surface area contributed by atoms with Crippen LogP contribution in [-0.4, -0.2) is 41.3 Å². The fourth-order valence-corrected chi connectivity index (χ4v) is 3.04. The van der Waals surface area contributed by atoms with Gasteiger partial charge in [0.15, 0.2) is 0 Å². The van der Waals surface area contributed by atoms with Gasteiger partial charge in [0.05, 0.1) is 6.61 Å². The molecule has 0 aromatic carbocycles. The van der Waals surface area contributed by atoms with Crippen molar-refractivity contribution in [2.45, 2.75) is 56.7 Å². The standard InChI is InChI=1S/C11H22N2O/c12-9-3-1-4-10(7-9)13-6-2-5-11(13)8-14/h9-11,14H,1-8,12H2/t9?,10?,11-/m1/s1. The minimum Gasteiger partial charge on any atom is -0.395 e. The highest BCUT2D eigenvalue weighted by molar-refractivity contribution is 4.88. The lowest BCUT2D eigenvalue weighted by Crippen LogP contribution is -2.45. The number of rotatable bonds is 2. The van der Waals surface area contributed by atoms with Crippen molar-refractivity contribution in [1.29, 1.82) is 0 Å². The van der Waals surface area contributed by atoms with E-state index >= 15 is 0 Å². The van der Waals surface area contributed by atoms with Gasteiger partial charge in [0.1, 0.15) is 0 Å². The lowest BCUT2D eigenvalue weighted by molar-refractivity contribution is 0.0934. The lowest BCUT2D eigenvalue weighted by Gasteiger charge is -2.37. The Balaban J connectivity index is 1.92. The molecule has 82 valence electrons. The van der Waals surface area contributed by atoms with E-state index in [4.69, 9.17) is 5.73 Å². The van der Waals surface area contributed by atoms with E-state index in [0.717, 1.165) is 6.42 Å². The van der Waals surface area contributed by atoms with Crippen molar-refractivity contribution in [3.05, 3.63) is 0 Å². The second kappa shape index (κ2) is 4.60. The Hall–Kier alpha value is -0.120. The summed E-state index contributed by atoms with van der Waals surface area (Å²) < 4.78 is 0. The van der Waals surface area contributed by atoms with Crippen LogP contribution in [0, 0.1) is 0 Å². The molecule has 1 saturated heterocycles. The summed E-state index contributed by atoms with van der Waals surface area (Å²) in [6.07, 6.45) is 7.29. The molecule has 1 heterocycles. The van der Waals surface area contributed by atoms with Gasteiger partial charge >= 0.3 is 0 Å². The predicted octanol–water partition coefficient (Wildman–Crippen LogP) is 0.713. The molecule has 14 heavy (non-hydrogen) atoms. The Morgan fingerprint density at radius 2 is 2.07 bits per heavy atom. The summed E-state index contributed by atoms with van der Waals surface area (Å²) in [5, 5.41) is 9.26. The molecule has 0 spiro atoms. The topological polar surface area (TPSA) is 49.5 Å². The summed E-state index contributed by atoms with van der Waals surface area (Å²) in [6, 6.07) is 1.47. The van der Waals surface area contributed by atoms with Crippen LogP contribution in [0.5, 0.6) is 0 Å². The molecule has 1 saturated carbocycles. The van der Waals surface area contributed by atoms with Crippen molar-refractivity contribution in [3.8, 4) is 0 Å². The fourth-order valence-electron chi connectivity index (χ4n) is 3.04. The first-order valence-electron chi connectivity index (χ1n) is 5.93. The van der Waals surface area contributed by atoms with E-state index in [9.17, 15) is 5.11 Å². The number of nitrogens with two attached hydrogens (primary N) is 1. The van der Waals surface area contributed by atoms with E-state index < -0.39 is 0 Å². The van der Waals surface area contributed by atoms with E-state index in [1.165, 1.54) is 38.6 Å². The SMILES string of the molecule is NC1CCCC(N2CCC[C@@H]2CO)C1. The van der Waals surface area contributed by atoms with Gasteiger partial charge in [-0.1, -0.05) is 6.42 Å². The van der Waals surface area contributed by atoms with E-state index in [1.54, 1.807) is 0 Å². The van der Waals surface area contributed by atoms with Crippen molar-refractivity contribution >= 4 is 0 Å². The molecule has 3 nitrogen and oxygen atoms in total. The highest BCUT2D eigenvalue weighted by Crippen LogP contribution is 2.28. The minimum absolute atomic E-state index is 0.325. The van der Waals surface area contributed by atoms with Crippen LogP contribution < -0.4 is 5.73 Å². The first-order valence-corrected chi connectivity index (χ1v) is 5.93. The summed E-state index contributed by atoms with van der Waals surface area (Å²) >= 11 is 0. The maximum Gasteiger partial charge on any atom is 0.0586 e. The van der Waals surface area contributed by atoms with E-state index in [0.29, 0.717) is 24.7 Å². The van der Waals surface area contributed by atoms with Crippen molar-refractivity contribution < 1.29 is 5.11 Å². The Bertz CT molecular complexity index is 186. The maximum atomic E-state index is 9.26. The van der Waals surface area contributed by atoms with Crippen LogP contribution in [0.1, 0.15) is 38.5 Å². The Kier molecular flexibility index (Phi) is 3.42. The number of aliphatic hydroxyl groups excluding tert-OH is 1. The summed E-state index contributed by atoms with van der Waals surface area (Å²) in [6.45, 7) is 1.49. The Labute approximate surface area is 86.3 Å². The molecule has 0 bridgehead atoms. The molecule has 1 aliphatic heterocycles. The molecule has 2 unspecified atom stereocenters. The van der Waals surface area contributed by atoms with Gasteiger partial charge in [-0.15, -0.1) is 0 Å². The second-order valence-corrected chi connectivity index (χ2v) is 4.80. The van der Waals surface area contributed by atoms with Gasteiger partial charge in [0.25, 0.3) is 0 Å². The first-order chi connectivity index (χ1) is 6.81. The quantitative estimate of drug-likeness (QED) is 0.687. The highest BCUT2D eigenvalue weighted by atomic mass is 16.3. The van der Waals surface area contributed by atoms with Gasteiger partial charge in [-0.3, -0.25) is 4.90 Å². The van der Waals surface area contributed by atoms with E-state index in [1.807, 2.05) is 0 Å². The zero-order chi connectivity index (χ0) is 9.97. The molecule has 0 amide bonds. The molecular formula is C11H22N2O. The highest BCUT2D eigenvalue weighted by Gasteiger charge is 2.32. The monoisotopic (exact) mass is 198 g/mol. The number of aliphatic hydroxyl groups is 1. The number of nitrogens with zero attached hydrogens (tertiary/aromatic N) is 1. The third kappa shape index (κ3) is 2.10. The molecule has 2 aliphatic rings. The van der Waals surface area contributed by atoms with Gasteiger partial charge < -0.3 is 10.8 Å². The van der Waals surface area contributed by atoms with Crippen molar-refractivity contribution in [2.75, 3.05) is 13.2 Å². The molecule has 2 fully saturated rings. The van der Waals surface area contributed by atoms with Gasteiger partial charge in [-0.2, -0.15) is 0 Å². The summed E-state index contributed by atoms with van der Waals surface area (Å²) in [5.41, 5.74) is 5.99. The zero-order valence-corrected chi connectivity index (χ0v) is 8.86. The molecular weight excluding hydrogens is 176 g/mol. The van der Waals surface area contributed by atoms with Crippen LogP contribution in [0.4, 0.5) is 0 Å². The smallest absolute Gasteiger partial charge is 0.0586 e. The molecule has 2 rings (SSSR count). The fraction of sp³-hybridized carbons (Fsp3) is 1.00. The van der Waals surface area contributed by atoms with Gasteiger partial charge in [0.2, 0.25) is 0 Å². The average molecular weight is 198 g/mol. The first kappa shape index (κ1) is 10.4. The zero-order valence-electron chi connectivity index (χ0n) is 8.86. The second-order valence-electron chi connectivity index (χ2n) is 4.80. The van der Waals surface area contributed by atoms with Gasteiger partial charge in [-0.25, -0.2) is 0 Å². The molecule has 3 N–H and O–H groups in total. The van der Waals surface area contributed by atoms with E-state index in [2.05, 4.69) is 4.90 Å². The average Bonchev–Trinajstić information content (AvgIpc) is 2.65. The number of hydrogen-bond acceptors (Lipinski definition) is 3. The number of hydrogen-bond donors (Lipinski definition) is 2. The molecule has 0 aromatic rings. The third-order valence-electron chi connectivity index (χ3n) is 3.79. The van der Waals surface area contributed by atoms with Crippen LogP contribution >= 0.6 is 0 Å². The summed E-state index contributed by atoms with van der Waals surface area (Å²) in [7, 11) is 0. The van der Waals surface area contributed by atoms with Crippen LogP contribution in [0.15, 0.2) is 0 Å². The molecule has 0 aromatic heterocycles. The van der Waals surface area contributed by atoms with Gasteiger partial charge in [0, 0.05) is 18.1 Å². The van der Waals surface area contributed by atoms with Gasteiger partial charge in [-0.05, 0) is 38.6 Å². The summed E-state index contributed by atoms with van der Waals surface area (Å²) in [5.74, 6) is 0. The van der Waals surface area contributed by atoms with Crippen molar-refractivity contribution in [3.63, 3.8) is 0 Å². The van der Waals surface area contributed by atoms with E-state index in [-0.39, 0.29) is 0 Å². The normalized spacial score (nSPS) is 40.3. The lowest BCUT2D eigenvalue weighted by atomic mass is 9.90.